The molecule has 1 aromatic heterocycles. The molecule has 3 nitrogen and oxygen atoms in total. The van der Waals surface area contributed by atoms with Crippen molar-refractivity contribution in [1.82, 2.24) is 9.55 Å². The first-order valence-electron chi connectivity index (χ1n) is 7.11. The van der Waals surface area contributed by atoms with E-state index in [9.17, 15) is 9.50 Å². The van der Waals surface area contributed by atoms with Gasteiger partial charge in [-0.2, -0.15) is 0 Å². The summed E-state index contributed by atoms with van der Waals surface area (Å²) in [5.41, 5.74) is 3.26. The summed E-state index contributed by atoms with van der Waals surface area (Å²) in [7, 11) is 0. The third kappa shape index (κ3) is 1.98. The zero-order valence-electron chi connectivity index (χ0n) is 11.7. The molecule has 1 heterocycles. The van der Waals surface area contributed by atoms with Crippen molar-refractivity contribution in [3.63, 3.8) is 0 Å². The number of aryl methyl sites for hydroxylation is 1. The molecule has 0 saturated heterocycles. The number of nitrogens with zero attached hydrogens (tertiary/aromatic N) is 2. The van der Waals surface area contributed by atoms with Crippen LogP contribution in [0.4, 0.5) is 4.39 Å². The van der Waals surface area contributed by atoms with Crippen LogP contribution in [0.25, 0.3) is 22.4 Å². The molecule has 0 bridgehead atoms. The lowest BCUT2D eigenvalue weighted by Gasteiger charge is -2.09. The van der Waals surface area contributed by atoms with Crippen molar-refractivity contribution in [3.05, 3.63) is 47.8 Å². The number of benzene rings is 2. The highest BCUT2D eigenvalue weighted by Gasteiger charge is 2.29. The van der Waals surface area contributed by atoms with Gasteiger partial charge in [-0.3, -0.25) is 0 Å². The predicted molar refractivity (Wildman–Crippen MR) is 79.8 cm³/mol. The normalized spacial score (nSPS) is 14.8. The molecule has 1 aliphatic rings. The first-order valence-corrected chi connectivity index (χ1v) is 7.11. The molecule has 1 saturated carbocycles. The van der Waals surface area contributed by atoms with E-state index in [0.717, 1.165) is 29.7 Å². The summed E-state index contributed by atoms with van der Waals surface area (Å²) in [6.45, 7) is 1.93. The topological polar surface area (TPSA) is 38.0 Å². The van der Waals surface area contributed by atoms with Gasteiger partial charge >= 0.3 is 0 Å². The molecule has 0 atom stereocenters. The van der Waals surface area contributed by atoms with Crippen molar-refractivity contribution in [2.24, 2.45) is 0 Å². The Hall–Kier alpha value is -2.36. The molecule has 2 aromatic carbocycles. The number of hydrogen-bond donors (Lipinski definition) is 1. The van der Waals surface area contributed by atoms with Gasteiger partial charge in [0.1, 0.15) is 17.4 Å². The lowest BCUT2D eigenvalue weighted by atomic mass is 10.1. The molecule has 4 heteroatoms. The molecule has 21 heavy (non-hydrogen) atoms. The van der Waals surface area contributed by atoms with Crippen LogP contribution in [0.15, 0.2) is 36.4 Å². The van der Waals surface area contributed by atoms with E-state index in [2.05, 4.69) is 9.55 Å². The highest BCUT2D eigenvalue weighted by molar-refractivity contribution is 5.82. The maximum atomic E-state index is 13.4. The van der Waals surface area contributed by atoms with Gasteiger partial charge in [-0.15, -0.1) is 0 Å². The van der Waals surface area contributed by atoms with Crippen molar-refractivity contribution in [2.75, 3.05) is 0 Å². The van der Waals surface area contributed by atoms with E-state index in [4.69, 9.17) is 0 Å². The van der Waals surface area contributed by atoms with Crippen LogP contribution in [0.3, 0.4) is 0 Å². The summed E-state index contributed by atoms with van der Waals surface area (Å²) in [6, 6.07) is 10.6. The molecule has 0 spiro atoms. The highest BCUT2D eigenvalue weighted by Crippen LogP contribution is 2.42. The minimum Gasteiger partial charge on any atom is -0.507 e. The Morgan fingerprint density at radius 2 is 2.00 bits per heavy atom. The standard InChI is InChI=1S/C17H15FN2O/c1-10-2-6-13(16(21)8-10)17-19-14-9-11(18)3-7-15(14)20(17)12-4-5-12/h2-3,6-9,12,21H,4-5H2,1H3. The summed E-state index contributed by atoms with van der Waals surface area (Å²) < 4.78 is 15.6. The molecule has 0 radical (unpaired) electrons. The number of rotatable bonds is 2. The number of imidazole rings is 1. The second-order valence-electron chi connectivity index (χ2n) is 5.69. The van der Waals surface area contributed by atoms with Crippen LogP contribution >= 0.6 is 0 Å². The fourth-order valence-electron chi connectivity index (χ4n) is 2.80. The Morgan fingerprint density at radius 3 is 2.71 bits per heavy atom. The molecule has 106 valence electrons. The summed E-state index contributed by atoms with van der Waals surface area (Å²) in [5, 5.41) is 10.2. The lowest BCUT2D eigenvalue weighted by molar-refractivity contribution is 0.476. The number of aromatic hydroxyl groups is 1. The van der Waals surface area contributed by atoms with Crippen molar-refractivity contribution < 1.29 is 9.50 Å². The van der Waals surface area contributed by atoms with E-state index in [0.29, 0.717) is 17.1 Å². The van der Waals surface area contributed by atoms with Gasteiger partial charge in [-0.1, -0.05) is 6.07 Å². The molecule has 0 unspecified atom stereocenters. The van der Waals surface area contributed by atoms with Crippen LogP contribution in [-0.2, 0) is 0 Å². The molecular weight excluding hydrogens is 267 g/mol. The monoisotopic (exact) mass is 282 g/mol. The number of hydrogen-bond acceptors (Lipinski definition) is 2. The van der Waals surface area contributed by atoms with Crippen molar-refractivity contribution in [1.29, 1.82) is 0 Å². The first kappa shape index (κ1) is 12.4. The molecule has 1 aliphatic carbocycles. The molecular formula is C17H15FN2O. The van der Waals surface area contributed by atoms with E-state index in [1.54, 1.807) is 12.1 Å². The maximum absolute atomic E-state index is 13.4. The van der Waals surface area contributed by atoms with Gasteiger partial charge in [0, 0.05) is 12.1 Å². The summed E-state index contributed by atoms with van der Waals surface area (Å²) in [5.74, 6) is 0.644. The largest absolute Gasteiger partial charge is 0.507 e. The third-order valence-corrected chi connectivity index (χ3v) is 3.96. The maximum Gasteiger partial charge on any atom is 0.145 e. The van der Waals surface area contributed by atoms with E-state index in [-0.39, 0.29) is 11.6 Å². The van der Waals surface area contributed by atoms with Crippen LogP contribution in [0.2, 0.25) is 0 Å². The molecule has 1 N–H and O–H groups in total. The minimum absolute atomic E-state index is 0.215. The van der Waals surface area contributed by atoms with Gasteiger partial charge in [0.05, 0.1) is 16.6 Å². The second kappa shape index (κ2) is 4.32. The summed E-state index contributed by atoms with van der Waals surface area (Å²) in [4.78, 5) is 4.56. The molecule has 3 aromatic rings. The number of aromatic nitrogens is 2. The third-order valence-electron chi connectivity index (χ3n) is 3.96. The number of halogens is 1. The van der Waals surface area contributed by atoms with Crippen molar-refractivity contribution in [2.45, 2.75) is 25.8 Å². The zero-order chi connectivity index (χ0) is 14.6. The van der Waals surface area contributed by atoms with Gasteiger partial charge in [-0.25, -0.2) is 9.37 Å². The van der Waals surface area contributed by atoms with Crippen molar-refractivity contribution >= 4 is 11.0 Å². The Kier molecular flexibility index (Phi) is 2.55. The van der Waals surface area contributed by atoms with E-state index in [1.807, 2.05) is 19.1 Å². The van der Waals surface area contributed by atoms with Gasteiger partial charge in [0.15, 0.2) is 0 Å². The van der Waals surface area contributed by atoms with Crippen LogP contribution in [0.5, 0.6) is 5.75 Å². The Bertz CT molecular complexity index is 849. The van der Waals surface area contributed by atoms with E-state index < -0.39 is 0 Å². The summed E-state index contributed by atoms with van der Waals surface area (Å²) in [6.07, 6.45) is 2.20. The smallest absolute Gasteiger partial charge is 0.145 e. The van der Waals surface area contributed by atoms with Crippen LogP contribution < -0.4 is 0 Å². The van der Waals surface area contributed by atoms with E-state index in [1.165, 1.54) is 12.1 Å². The van der Waals surface area contributed by atoms with E-state index >= 15 is 0 Å². The fourth-order valence-corrected chi connectivity index (χ4v) is 2.80. The minimum atomic E-state index is -0.289. The SMILES string of the molecule is Cc1ccc(-c2nc3cc(F)ccc3n2C2CC2)c(O)c1. The van der Waals surface area contributed by atoms with Crippen LogP contribution in [-0.4, -0.2) is 14.7 Å². The predicted octanol–water partition coefficient (Wildman–Crippen LogP) is 4.19. The zero-order valence-corrected chi connectivity index (χ0v) is 11.7. The Balaban J connectivity index is 2.01. The van der Waals surface area contributed by atoms with Crippen LogP contribution in [0, 0.1) is 12.7 Å². The Morgan fingerprint density at radius 1 is 1.19 bits per heavy atom. The lowest BCUT2D eigenvalue weighted by Crippen LogP contribution is -1.97. The highest BCUT2D eigenvalue weighted by atomic mass is 19.1. The van der Waals surface area contributed by atoms with Crippen LogP contribution in [0.1, 0.15) is 24.4 Å². The molecule has 4 rings (SSSR count). The van der Waals surface area contributed by atoms with Gasteiger partial charge < -0.3 is 9.67 Å². The van der Waals surface area contributed by atoms with Crippen molar-refractivity contribution in [3.8, 4) is 17.1 Å². The number of fused-ring (bicyclic) bond motifs is 1. The molecule has 1 fully saturated rings. The Labute approximate surface area is 121 Å². The average Bonchev–Trinajstić information content (AvgIpc) is 3.20. The second-order valence-corrected chi connectivity index (χ2v) is 5.69. The molecule has 0 aliphatic heterocycles. The van der Waals surface area contributed by atoms with Gasteiger partial charge in [0.2, 0.25) is 0 Å². The molecule has 0 amide bonds. The average molecular weight is 282 g/mol. The number of phenols is 1. The first-order chi connectivity index (χ1) is 10.1. The fraction of sp³-hybridized carbons (Fsp3) is 0.235. The van der Waals surface area contributed by atoms with Gasteiger partial charge in [0.25, 0.3) is 0 Å². The summed E-state index contributed by atoms with van der Waals surface area (Å²) >= 11 is 0. The quantitative estimate of drug-likeness (QED) is 0.765. The number of phenolic OH excluding ortho intramolecular Hbond substituents is 1. The van der Waals surface area contributed by atoms with Gasteiger partial charge in [-0.05, 0) is 49.6 Å².